The van der Waals surface area contributed by atoms with Crippen LogP contribution in [0.1, 0.15) is 22.0 Å². The van der Waals surface area contributed by atoms with Gasteiger partial charge in [-0.15, -0.1) is 0 Å². The van der Waals surface area contributed by atoms with Crippen molar-refractivity contribution >= 4 is 21.9 Å². The number of hydrogen-bond acceptors (Lipinski definition) is 3. The summed E-state index contributed by atoms with van der Waals surface area (Å²) in [5.41, 5.74) is -0.236. The van der Waals surface area contributed by atoms with Crippen molar-refractivity contribution in [2.45, 2.75) is 12.2 Å². The van der Waals surface area contributed by atoms with E-state index in [1.807, 2.05) is 0 Å². The van der Waals surface area contributed by atoms with Crippen LogP contribution < -0.4 is 0 Å². The zero-order chi connectivity index (χ0) is 12.3. The highest BCUT2D eigenvalue weighted by atomic mass is 79.9. The molecule has 0 saturated carbocycles. The van der Waals surface area contributed by atoms with Crippen molar-refractivity contribution in [3.05, 3.63) is 35.1 Å². The molecule has 1 aromatic rings. The zero-order valence-electron chi connectivity index (χ0n) is 8.10. The summed E-state index contributed by atoms with van der Waals surface area (Å²) in [7, 11) is 0. The van der Waals surface area contributed by atoms with E-state index in [9.17, 15) is 19.4 Å². The lowest BCUT2D eigenvalue weighted by Gasteiger charge is -2.16. The number of aliphatic hydroxyl groups is 2. The molecule has 3 N–H and O–H groups in total. The number of halogens is 2. The predicted octanol–water partition coefficient (Wildman–Crippen LogP) is 1.31. The van der Waals surface area contributed by atoms with Gasteiger partial charge in [0.15, 0.2) is 0 Å². The minimum atomic E-state index is -1.33. The van der Waals surface area contributed by atoms with E-state index in [2.05, 4.69) is 15.9 Å². The summed E-state index contributed by atoms with van der Waals surface area (Å²) in [5.74, 6) is -2.06. The molecule has 88 valence electrons. The molecule has 0 spiro atoms. The Morgan fingerprint density at radius 3 is 2.50 bits per heavy atom. The first-order valence-corrected chi connectivity index (χ1v) is 5.53. The summed E-state index contributed by atoms with van der Waals surface area (Å²) in [5, 5.41) is 27.7. The zero-order valence-corrected chi connectivity index (χ0v) is 9.69. The smallest absolute Gasteiger partial charge is 0.335 e. The monoisotopic (exact) mass is 292 g/mol. The van der Waals surface area contributed by atoms with Crippen LogP contribution >= 0.6 is 15.9 Å². The highest BCUT2D eigenvalue weighted by Gasteiger charge is 2.19. The van der Waals surface area contributed by atoms with Gasteiger partial charge >= 0.3 is 5.97 Å². The van der Waals surface area contributed by atoms with Crippen molar-refractivity contribution < 1.29 is 24.5 Å². The summed E-state index contributed by atoms with van der Waals surface area (Å²) in [6, 6.07) is 2.96. The van der Waals surface area contributed by atoms with Crippen LogP contribution in [0.3, 0.4) is 0 Å². The average molecular weight is 293 g/mol. The number of rotatable bonds is 4. The molecule has 0 aliphatic carbocycles. The summed E-state index contributed by atoms with van der Waals surface area (Å²) < 4.78 is 13.0. The first kappa shape index (κ1) is 13.1. The van der Waals surface area contributed by atoms with Crippen molar-refractivity contribution in [2.75, 3.05) is 5.33 Å². The summed E-state index contributed by atoms with van der Waals surface area (Å²) >= 11 is 2.96. The molecule has 0 saturated heterocycles. The van der Waals surface area contributed by atoms with E-state index < -0.39 is 24.0 Å². The van der Waals surface area contributed by atoms with Gasteiger partial charge in [0.2, 0.25) is 0 Å². The Morgan fingerprint density at radius 1 is 1.38 bits per heavy atom. The Bertz CT molecular complexity index is 396. The third kappa shape index (κ3) is 3.01. The first-order valence-electron chi connectivity index (χ1n) is 4.41. The fourth-order valence-corrected chi connectivity index (χ4v) is 1.57. The van der Waals surface area contributed by atoms with Gasteiger partial charge in [-0.1, -0.05) is 15.9 Å². The largest absolute Gasteiger partial charge is 0.478 e. The fourth-order valence-electron chi connectivity index (χ4n) is 1.21. The second-order valence-corrected chi connectivity index (χ2v) is 3.89. The quantitative estimate of drug-likeness (QED) is 0.732. The van der Waals surface area contributed by atoms with Crippen LogP contribution in [0.25, 0.3) is 0 Å². The lowest BCUT2D eigenvalue weighted by atomic mass is 10.0. The van der Waals surface area contributed by atoms with Crippen molar-refractivity contribution in [2.24, 2.45) is 0 Å². The molecule has 0 heterocycles. The number of hydrogen-bond donors (Lipinski definition) is 3. The maximum atomic E-state index is 13.0. The lowest BCUT2D eigenvalue weighted by molar-refractivity contribution is 0.0339. The van der Waals surface area contributed by atoms with Gasteiger partial charge in [0, 0.05) is 5.33 Å². The molecule has 0 aliphatic rings. The van der Waals surface area contributed by atoms with Crippen LogP contribution in [0.2, 0.25) is 0 Å². The highest BCUT2D eigenvalue weighted by molar-refractivity contribution is 9.09. The molecule has 0 aliphatic heterocycles. The third-order valence-corrected chi connectivity index (χ3v) is 2.69. The lowest BCUT2D eigenvalue weighted by Crippen LogP contribution is -2.20. The van der Waals surface area contributed by atoms with Crippen LogP contribution in [0, 0.1) is 5.82 Å². The third-order valence-electron chi connectivity index (χ3n) is 2.03. The van der Waals surface area contributed by atoms with Crippen molar-refractivity contribution in [3.8, 4) is 0 Å². The molecule has 4 nitrogen and oxygen atoms in total. The van der Waals surface area contributed by atoms with E-state index in [1.54, 1.807) is 0 Å². The van der Waals surface area contributed by atoms with Gasteiger partial charge in [-0.3, -0.25) is 0 Å². The van der Waals surface area contributed by atoms with Crippen LogP contribution in [0.15, 0.2) is 18.2 Å². The van der Waals surface area contributed by atoms with E-state index >= 15 is 0 Å². The molecule has 2 atom stereocenters. The molecule has 0 bridgehead atoms. The van der Waals surface area contributed by atoms with E-state index in [0.29, 0.717) is 0 Å². The first-order chi connectivity index (χ1) is 7.45. The molecule has 16 heavy (non-hydrogen) atoms. The number of alkyl halides is 1. The number of benzene rings is 1. The number of carboxylic acids is 1. The molecule has 0 aromatic heterocycles. The van der Waals surface area contributed by atoms with Gasteiger partial charge in [0.25, 0.3) is 0 Å². The summed E-state index contributed by atoms with van der Waals surface area (Å²) in [4.78, 5) is 10.6. The number of carboxylic acid groups (broad SMARTS) is 1. The van der Waals surface area contributed by atoms with Gasteiger partial charge in [-0.05, 0) is 23.8 Å². The molecule has 0 fully saturated rings. The predicted molar refractivity (Wildman–Crippen MR) is 58.1 cm³/mol. The maximum absolute atomic E-state index is 13.0. The van der Waals surface area contributed by atoms with Gasteiger partial charge in [-0.2, -0.15) is 0 Å². The van der Waals surface area contributed by atoms with Crippen molar-refractivity contribution in [3.63, 3.8) is 0 Å². The van der Waals surface area contributed by atoms with Crippen LogP contribution in [-0.2, 0) is 0 Å². The van der Waals surface area contributed by atoms with Crippen molar-refractivity contribution in [1.29, 1.82) is 0 Å². The Morgan fingerprint density at radius 2 is 2.00 bits per heavy atom. The van der Waals surface area contributed by atoms with Crippen LogP contribution in [0.5, 0.6) is 0 Å². The number of aliphatic hydroxyl groups excluding tert-OH is 2. The molecule has 0 amide bonds. The van der Waals surface area contributed by atoms with E-state index in [1.165, 1.54) is 0 Å². The molecule has 1 aromatic carbocycles. The average Bonchev–Trinajstić information content (AvgIpc) is 2.26. The standard InChI is InChI=1S/C10H10BrFO4/c11-4-8(13)9(14)5-1-6(10(15)16)3-7(12)2-5/h1-3,8-9,13-14H,4H2,(H,15,16). The molecule has 1 rings (SSSR count). The van der Waals surface area contributed by atoms with E-state index in [-0.39, 0.29) is 16.5 Å². The molecular formula is C10H10BrFO4. The van der Waals surface area contributed by atoms with Gasteiger partial charge in [0.1, 0.15) is 11.9 Å². The minimum Gasteiger partial charge on any atom is -0.478 e. The summed E-state index contributed by atoms with van der Waals surface area (Å²) in [6.07, 6.45) is -2.45. The fraction of sp³-hybridized carbons (Fsp3) is 0.300. The van der Waals surface area contributed by atoms with Crippen LogP contribution in [-0.4, -0.2) is 32.7 Å². The minimum absolute atomic E-state index is 0.0318. The van der Waals surface area contributed by atoms with Crippen molar-refractivity contribution in [1.82, 2.24) is 0 Å². The Hall–Kier alpha value is -0.980. The summed E-state index contributed by atoms with van der Waals surface area (Å²) in [6.45, 7) is 0. The topological polar surface area (TPSA) is 77.8 Å². The number of aromatic carboxylic acids is 1. The van der Waals surface area contributed by atoms with Gasteiger partial charge < -0.3 is 15.3 Å². The highest BCUT2D eigenvalue weighted by Crippen LogP contribution is 2.21. The Kier molecular flexibility index (Phi) is 4.40. The maximum Gasteiger partial charge on any atom is 0.335 e. The Labute approximate surface area is 99.5 Å². The van der Waals surface area contributed by atoms with Gasteiger partial charge in [0.05, 0.1) is 11.7 Å². The second kappa shape index (κ2) is 5.38. The molecule has 2 unspecified atom stereocenters. The Balaban J connectivity index is 3.09. The van der Waals surface area contributed by atoms with Gasteiger partial charge in [-0.25, -0.2) is 9.18 Å². The number of carbonyl (C=O) groups is 1. The molecule has 6 heteroatoms. The SMILES string of the molecule is O=C(O)c1cc(F)cc(C(O)C(O)CBr)c1. The van der Waals surface area contributed by atoms with E-state index in [0.717, 1.165) is 18.2 Å². The molecular weight excluding hydrogens is 283 g/mol. The second-order valence-electron chi connectivity index (χ2n) is 3.24. The normalized spacial score (nSPS) is 14.5. The van der Waals surface area contributed by atoms with E-state index in [4.69, 9.17) is 5.11 Å². The van der Waals surface area contributed by atoms with Crippen LogP contribution in [0.4, 0.5) is 4.39 Å². The molecule has 0 radical (unpaired) electrons.